The first-order chi connectivity index (χ1) is 19.4. The number of rotatable bonds is 10. The number of H-pyrrole nitrogens is 1. The topological polar surface area (TPSA) is 106 Å². The molecule has 0 bridgehead atoms. The van der Waals surface area contributed by atoms with E-state index in [9.17, 15) is 19.5 Å². The molecule has 0 radical (unpaired) electrons. The molecule has 0 unspecified atom stereocenters. The van der Waals surface area contributed by atoms with Crippen LogP contribution in [0.3, 0.4) is 0 Å². The standard InChI is InChI=1S/C31H42N4O4S/c1-3-4-24-23-9-10-25(36)29(28(23)33-31(24)40-2)34-17-14-20(15-18-34)13-16-32-30(39)22-7-5-21(6-8-22)19-35-26(37)11-12-27(35)38/h9-12,20-22,33,36H,3-8,13-19H2,1-2H3,(H,32,39). The zero-order valence-electron chi connectivity index (χ0n) is 23.7. The number of thioether (sulfide) groups is 1. The smallest absolute Gasteiger partial charge is 0.253 e. The molecule has 8 nitrogen and oxygen atoms in total. The molecule has 1 aromatic heterocycles. The molecular formula is C31H42N4O4S. The van der Waals surface area contributed by atoms with Gasteiger partial charge in [0, 0.05) is 49.6 Å². The Labute approximate surface area is 240 Å². The Morgan fingerprint density at radius 3 is 2.40 bits per heavy atom. The molecule has 3 N–H and O–H groups in total. The summed E-state index contributed by atoms with van der Waals surface area (Å²) in [5, 5.41) is 16.4. The first kappa shape index (κ1) is 28.6. The van der Waals surface area contributed by atoms with E-state index in [1.54, 1.807) is 11.8 Å². The SMILES string of the molecule is CCCc1c(SC)[nH]c2c(N3CCC(CCNC(=O)C4CCC(CN5C(=O)C=CC5=O)CC4)CC3)c(O)ccc12. The third kappa shape index (κ3) is 6.04. The average Bonchev–Trinajstić information content (AvgIpc) is 3.48. The van der Waals surface area contributed by atoms with Gasteiger partial charge >= 0.3 is 0 Å². The van der Waals surface area contributed by atoms with Gasteiger partial charge in [-0.2, -0.15) is 0 Å². The highest BCUT2D eigenvalue weighted by molar-refractivity contribution is 7.98. The lowest BCUT2D eigenvalue weighted by Gasteiger charge is -2.34. The van der Waals surface area contributed by atoms with Crippen LogP contribution >= 0.6 is 11.8 Å². The zero-order chi connectivity index (χ0) is 28.2. The van der Waals surface area contributed by atoms with Crippen LogP contribution in [-0.4, -0.2) is 65.1 Å². The van der Waals surface area contributed by atoms with Crippen molar-refractivity contribution in [3.63, 3.8) is 0 Å². The highest BCUT2D eigenvalue weighted by Crippen LogP contribution is 2.41. The number of carbonyl (C=O) groups excluding carboxylic acids is 3. The molecule has 3 aliphatic rings. The number of nitrogens with zero attached hydrogens (tertiary/aromatic N) is 2. The van der Waals surface area contributed by atoms with E-state index < -0.39 is 0 Å². The number of fused-ring (bicyclic) bond motifs is 1. The number of piperidine rings is 1. The molecule has 3 heterocycles. The third-order valence-corrected chi connectivity index (χ3v) is 9.80. The maximum Gasteiger partial charge on any atom is 0.253 e. The predicted molar refractivity (Wildman–Crippen MR) is 160 cm³/mol. The number of anilines is 1. The van der Waals surface area contributed by atoms with Crippen molar-refractivity contribution in [2.24, 2.45) is 17.8 Å². The number of aromatic nitrogens is 1. The number of nitrogens with one attached hydrogen (secondary N) is 2. The predicted octanol–water partition coefficient (Wildman–Crippen LogP) is 5.00. The Balaban J connectivity index is 1.07. The molecule has 1 aliphatic carbocycles. The fraction of sp³-hybridized carbons (Fsp3) is 0.581. The minimum atomic E-state index is -0.223. The van der Waals surface area contributed by atoms with Crippen LogP contribution in [0.2, 0.25) is 0 Å². The highest BCUT2D eigenvalue weighted by atomic mass is 32.2. The van der Waals surface area contributed by atoms with Crippen LogP contribution in [0.1, 0.15) is 63.9 Å². The van der Waals surface area contributed by atoms with Crippen molar-refractivity contribution in [3.05, 3.63) is 29.8 Å². The molecule has 0 spiro atoms. The van der Waals surface area contributed by atoms with Gasteiger partial charge in [0.05, 0.1) is 10.5 Å². The summed E-state index contributed by atoms with van der Waals surface area (Å²) < 4.78 is 0. The highest BCUT2D eigenvalue weighted by Gasteiger charge is 2.31. The Morgan fingerprint density at radius 1 is 1.05 bits per heavy atom. The Morgan fingerprint density at radius 2 is 1.75 bits per heavy atom. The van der Waals surface area contributed by atoms with Gasteiger partial charge < -0.3 is 20.3 Å². The number of imide groups is 1. The van der Waals surface area contributed by atoms with Crippen molar-refractivity contribution in [3.8, 4) is 5.75 Å². The molecule has 2 fully saturated rings. The lowest BCUT2D eigenvalue weighted by atomic mass is 9.81. The summed E-state index contributed by atoms with van der Waals surface area (Å²) in [5.41, 5.74) is 3.32. The fourth-order valence-electron chi connectivity index (χ4n) is 6.73. The van der Waals surface area contributed by atoms with Crippen LogP contribution in [0.5, 0.6) is 5.75 Å². The van der Waals surface area contributed by atoms with Crippen LogP contribution in [-0.2, 0) is 20.8 Å². The number of benzene rings is 1. The van der Waals surface area contributed by atoms with Gasteiger partial charge in [0.1, 0.15) is 11.4 Å². The lowest BCUT2D eigenvalue weighted by Crippen LogP contribution is -2.39. The van der Waals surface area contributed by atoms with Crippen molar-refractivity contribution in [1.29, 1.82) is 0 Å². The average molecular weight is 567 g/mol. The second-order valence-corrected chi connectivity index (χ2v) is 12.4. The second-order valence-electron chi connectivity index (χ2n) is 11.6. The Hall–Kier alpha value is -2.94. The van der Waals surface area contributed by atoms with E-state index in [4.69, 9.17) is 0 Å². The molecule has 2 aromatic rings. The van der Waals surface area contributed by atoms with E-state index >= 15 is 0 Å². The Bertz CT molecular complexity index is 1250. The number of aryl methyl sites for hydroxylation is 1. The fourth-order valence-corrected chi connectivity index (χ4v) is 7.39. The molecule has 1 saturated heterocycles. The number of aromatic amines is 1. The van der Waals surface area contributed by atoms with Crippen LogP contribution in [0, 0.1) is 17.8 Å². The van der Waals surface area contributed by atoms with E-state index in [1.165, 1.54) is 33.0 Å². The molecular weight excluding hydrogens is 524 g/mol. The summed E-state index contributed by atoms with van der Waals surface area (Å²) in [7, 11) is 0. The number of aromatic hydroxyl groups is 1. The summed E-state index contributed by atoms with van der Waals surface area (Å²) in [6.07, 6.45) is 13.3. The van der Waals surface area contributed by atoms with Crippen molar-refractivity contribution < 1.29 is 19.5 Å². The van der Waals surface area contributed by atoms with Crippen molar-refractivity contribution in [1.82, 2.24) is 15.2 Å². The number of phenolic OH excluding ortho intramolecular Hbond substituents is 1. The van der Waals surface area contributed by atoms with E-state index in [-0.39, 0.29) is 29.6 Å². The molecule has 3 amide bonds. The summed E-state index contributed by atoms with van der Waals surface area (Å²) in [6, 6.07) is 3.89. The number of phenols is 1. The van der Waals surface area contributed by atoms with Gasteiger partial charge in [-0.25, -0.2) is 0 Å². The molecule has 40 heavy (non-hydrogen) atoms. The first-order valence-electron chi connectivity index (χ1n) is 14.9. The normalized spacial score (nSPS) is 22.1. The number of carbonyl (C=O) groups is 3. The molecule has 2 aliphatic heterocycles. The maximum atomic E-state index is 12.8. The largest absolute Gasteiger partial charge is 0.506 e. The monoisotopic (exact) mass is 566 g/mol. The number of hydrogen-bond acceptors (Lipinski definition) is 6. The minimum absolute atomic E-state index is 0.0224. The van der Waals surface area contributed by atoms with Crippen LogP contribution in [0.4, 0.5) is 5.69 Å². The number of amides is 3. The van der Waals surface area contributed by atoms with Gasteiger partial charge in [-0.1, -0.05) is 13.3 Å². The molecule has 0 atom stereocenters. The van der Waals surface area contributed by atoms with E-state index in [0.29, 0.717) is 24.8 Å². The van der Waals surface area contributed by atoms with E-state index in [2.05, 4.69) is 28.4 Å². The van der Waals surface area contributed by atoms with Gasteiger partial charge in [0.2, 0.25) is 5.91 Å². The second kappa shape index (κ2) is 12.7. The van der Waals surface area contributed by atoms with Crippen molar-refractivity contribution in [2.45, 2.75) is 69.7 Å². The molecule has 216 valence electrons. The van der Waals surface area contributed by atoms with Crippen molar-refractivity contribution >= 4 is 46.1 Å². The van der Waals surface area contributed by atoms with Gasteiger partial charge in [-0.05, 0) is 87.2 Å². The van der Waals surface area contributed by atoms with Gasteiger partial charge in [-0.15, -0.1) is 11.8 Å². The van der Waals surface area contributed by atoms with E-state index in [0.717, 1.165) is 82.1 Å². The van der Waals surface area contributed by atoms with Crippen LogP contribution < -0.4 is 10.2 Å². The molecule has 1 saturated carbocycles. The van der Waals surface area contributed by atoms with Crippen LogP contribution in [0.15, 0.2) is 29.3 Å². The van der Waals surface area contributed by atoms with Gasteiger partial charge in [0.25, 0.3) is 11.8 Å². The first-order valence-corrected chi connectivity index (χ1v) is 16.1. The summed E-state index contributed by atoms with van der Waals surface area (Å²) in [5.74, 6) is 0.887. The Kier molecular flexibility index (Phi) is 9.08. The molecule has 1 aromatic carbocycles. The lowest BCUT2D eigenvalue weighted by molar-refractivity contribution is -0.138. The molecule has 5 rings (SSSR count). The molecule has 9 heteroatoms. The zero-order valence-corrected chi connectivity index (χ0v) is 24.5. The maximum absolute atomic E-state index is 12.8. The van der Waals surface area contributed by atoms with E-state index in [1.807, 2.05) is 12.1 Å². The minimum Gasteiger partial charge on any atom is -0.506 e. The van der Waals surface area contributed by atoms with Gasteiger partial charge in [-0.3, -0.25) is 19.3 Å². The van der Waals surface area contributed by atoms with Crippen LogP contribution in [0.25, 0.3) is 10.9 Å². The third-order valence-electron chi connectivity index (χ3n) is 9.04. The quantitative estimate of drug-likeness (QED) is 0.276. The summed E-state index contributed by atoms with van der Waals surface area (Å²) in [6.45, 7) is 5.14. The summed E-state index contributed by atoms with van der Waals surface area (Å²) in [4.78, 5) is 43.7. The number of hydrogen-bond donors (Lipinski definition) is 3. The summed E-state index contributed by atoms with van der Waals surface area (Å²) >= 11 is 1.73. The van der Waals surface area contributed by atoms with Gasteiger partial charge in [0.15, 0.2) is 0 Å². The van der Waals surface area contributed by atoms with Crippen molar-refractivity contribution in [2.75, 3.05) is 37.3 Å².